The van der Waals surface area contributed by atoms with Gasteiger partial charge >= 0.3 is 0 Å². The first-order valence-electron chi connectivity index (χ1n) is 6.68. The summed E-state index contributed by atoms with van der Waals surface area (Å²) in [5, 5.41) is 17.1. The molecule has 0 fully saturated rings. The van der Waals surface area contributed by atoms with E-state index in [1.54, 1.807) is 6.20 Å². The smallest absolute Gasteiger partial charge is 0.152 e. The van der Waals surface area contributed by atoms with Crippen LogP contribution in [-0.4, -0.2) is 32.4 Å². The number of fused-ring (bicyclic) bond motifs is 1. The summed E-state index contributed by atoms with van der Waals surface area (Å²) in [7, 11) is 0. The summed E-state index contributed by atoms with van der Waals surface area (Å²) in [6.07, 6.45) is 4.41. The van der Waals surface area contributed by atoms with Crippen LogP contribution in [0.25, 0.3) is 5.52 Å². The van der Waals surface area contributed by atoms with E-state index in [9.17, 15) is 5.11 Å². The second-order valence-corrected chi connectivity index (χ2v) is 5.82. The van der Waals surface area contributed by atoms with E-state index in [1.807, 2.05) is 17.6 Å². The van der Waals surface area contributed by atoms with Crippen molar-refractivity contribution in [2.75, 3.05) is 11.9 Å². The maximum Gasteiger partial charge on any atom is 0.152 e. The Bertz CT molecular complexity index is 552. The Hall–Kier alpha value is -1.62. The molecule has 104 valence electrons. The molecule has 0 amide bonds. The standard InChI is InChI=1S/C14H22N4O/c1-5-10(9-19)16-13-11-8-12(14(2,3)4)17-18(11)7-6-15-13/h6-8,10,19H,5,9H2,1-4H3,(H,15,16). The molecule has 5 nitrogen and oxygen atoms in total. The second kappa shape index (κ2) is 5.17. The van der Waals surface area contributed by atoms with Crippen LogP contribution in [0, 0.1) is 0 Å². The van der Waals surface area contributed by atoms with Gasteiger partial charge in [0.2, 0.25) is 0 Å². The molecule has 2 aromatic rings. The number of anilines is 1. The normalized spacial score (nSPS) is 13.7. The van der Waals surface area contributed by atoms with Crippen molar-refractivity contribution in [2.24, 2.45) is 0 Å². The van der Waals surface area contributed by atoms with Crippen LogP contribution >= 0.6 is 0 Å². The van der Waals surface area contributed by atoms with Crippen molar-refractivity contribution in [3.63, 3.8) is 0 Å². The third-order valence-corrected chi connectivity index (χ3v) is 3.21. The molecule has 0 radical (unpaired) electrons. The molecule has 0 saturated carbocycles. The third kappa shape index (κ3) is 2.87. The highest BCUT2D eigenvalue weighted by molar-refractivity contribution is 5.68. The van der Waals surface area contributed by atoms with Crippen molar-refractivity contribution in [1.82, 2.24) is 14.6 Å². The molecule has 0 aromatic carbocycles. The van der Waals surface area contributed by atoms with Gasteiger partial charge < -0.3 is 10.4 Å². The topological polar surface area (TPSA) is 62.5 Å². The molecule has 2 heterocycles. The molecule has 0 aliphatic heterocycles. The van der Waals surface area contributed by atoms with Gasteiger partial charge in [0.1, 0.15) is 5.52 Å². The SMILES string of the molecule is CCC(CO)Nc1nccn2nc(C(C)(C)C)cc12. The number of aliphatic hydroxyl groups is 1. The number of nitrogens with zero attached hydrogens (tertiary/aromatic N) is 3. The van der Waals surface area contributed by atoms with Crippen molar-refractivity contribution in [3.8, 4) is 0 Å². The number of hydrogen-bond donors (Lipinski definition) is 2. The molecule has 19 heavy (non-hydrogen) atoms. The first-order valence-corrected chi connectivity index (χ1v) is 6.68. The lowest BCUT2D eigenvalue weighted by Crippen LogP contribution is -2.23. The number of rotatable bonds is 4. The fraction of sp³-hybridized carbons (Fsp3) is 0.571. The number of hydrogen-bond acceptors (Lipinski definition) is 4. The van der Waals surface area contributed by atoms with Crippen molar-refractivity contribution in [3.05, 3.63) is 24.2 Å². The molecule has 2 rings (SSSR count). The van der Waals surface area contributed by atoms with Crippen LogP contribution in [0.1, 0.15) is 39.8 Å². The Morgan fingerprint density at radius 1 is 1.42 bits per heavy atom. The van der Waals surface area contributed by atoms with Crippen LogP contribution in [0.3, 0.4) is 0 Å². The molecule has 0 saturated heterocycles. The quantitative estimate of drug-likeness (QED) is 0.886. The summed E-state index contributed by atoms with van der Waals surface area (Å²) in [6, 6.07) is 2.08. The highest BCUT2D eigenvalue weighted by Gasteiger charge is 2.19. The minimum Gasteiger partial charge on any atom is -0.394 e. The molecule has 2 aromatic heterocycles. The number of aromatic nitrogens is 3. The third-order valence-electron chi connectivity index (χ3n) is 3.21. The fourth-order valence-electron chi connectivity index (χ4n) is 1.87. The number of nitrogens with one attached hydrogen (secondary N) is 1. The predicted molar refractivity (Wildman–Crippen MR) is 76.5 cm³/mol. The van der Waals surface area contributed by atoms with Gasteiger partial charge in [-0.3, -0.25) is 0 Å². The van der Waals surface area contributed by atoms with E-state index in [1.165, 1.54) is 0 Å². The van der Waals surface area contributed by atoms with Crippen LogP contribution in [0.5, 0.6) is 0 Å². The van der Waals surface area contributed by atoms with Gasteiger partial charge in [0.25, 0.3) is 0 Å². The van der Waals surface area contributed by atoms with Crippen molar-refractivity contribution < 1.29 is 5.11 Å². The van der Waals surface area contributed by atoms with Gasteiger partial charge in [-0.1, -0.05) is 27.7 Å². The lowest BCUT2D eigenvalue weighted by atomic mass is 9.92. The van der Waals surface area contributed by atoms with Crippen molar-refractivity contribution in [2.45, 2.75) is 45.6 Å². The molecule has 0 aliphatic rings. The van der Waals surface area contributed by atoms with E-state index in [0.717, 1.165) is 23.4 Å². The Labute approximate surface area is 113 Å². The average molecular weight is 262 g/mol. The Morgan fingerprint density at radius 2 is 2.16 bits per heavy atom. The lowest BCUT2D eigenvalue weighted by Gasteiger charge is -2.15. The summed E-state index contributed by atoms with van der Waals surface area (Å²) in [6.45, 7) is 8.54. The van der Waals surface area contributed by atoms with E-state index in [4.69, 9.17) is 0 Å². The van der Waals surface area contributed by atoms with Gasteiger partial charge in [0, 0.05) is 17.8 Å². The lowest BCUT2D eigenvalue weighted by molar-refractivity contribution is 0.271. The van der Waals surface area contributed by atoms with E-state index < -0.39 is 0 Å². The zero-order valence-corrected chi connectivity index (χ0v) is 12.0. The Balaban J connectivity index is 2.42. The van der Waals surface area contributed by atoms with E-state index >= 15 is 0 Å². The van der Waals surface area contributed by atoms with Gasteiger partial charge in [-0.2, -0.15) is 5.10 Å². The van der Waals surface area contributed by atoms with Crippen molar-refractivity contribution >= 4 is 11.3 Å². The fourth-order valence-corrected chi connectivity index (χ4v) is 1.87. The van der Waals surface area contributed by atoms with Crippen LogP contribution in [0.2, 0.25) is 0 Å². The first-order chi connectivity index (χ1) is 8.95. The number of aliphatic hydroxyl groups excluding tert-OH is 1. The van der Waals surface area contributed by atoms with Crippen LogP contribution in [0.4, 0.5) is 5.82 Å². The van der Waals surface area contributed by atoms with E-state index in [2.05, 4.69) is 42.2 Å². The molecule has 5 heteroatoms. The highest BCUT2D eigenvalue weighted by Crippen LogP contribution is 2.24. The predicted octanol–water partition coefficient (Wildman–Crippen LogP) is 2.21. The molecule has 0 aliphatic carbocycles. The Kier molecular flexibility index (Phi) is 3.75. The zero-order valence-electron chi connectivity index (χ0n) is 12.0. The Morgan fingerprint density at radius 3 is 2.74 bits per heavy atom. The molecule has 1 atom stereocenters. The minimum atomic E-state index is 0.00439. The van der Waals surface area contributed by atoms with Crippen LogP contribution in [-0.2, 0) is 5.41 Å². The second-order valence-electron chi connectivity index (χ2n) is 5.82. The molecule has 0 bridgehead atoms. The monoisotopic (exact) mass is 262 g/mol. The van der Waals surface area contributed by atoms with Gasteiger partial charge in [-0.15, -0.1) is 0 Å². The minimum absolute atomic E-state index is 0.00439. The van der Waals surface area contributed by atoms with Gasteiger partial charge in [0.05, 0.1) is 18.3 Å². The maximum absolute atomic E-state index is 9.28. The van der Waals surface area contributed by atoms with Crippen LogP contribution in [0.15, 0.2) is 18.5 Å². The van der Waals surface area contributed by atoms with Gasteiger partial charge in [-0.25, -0.2) is 9.50 Å². The highest BCUT2D eigenvalue weighted by atomic mass is 16.3. The maximum atomic E-state index is 9.28. The van der Waals surface area contributed by atoms with E-state index in [-0.39, 0.29) is 18.1 Å². The molecule has 0 spiro atoms. The first kappa shape index (κ1) is 13.8. The average Bonchev–Trinajstić information content (AvgIpc) is 2.80. The molecule has 1 unspecified atom stereocenters. The molecule has 2 N–H and O–H groups in total. The largest absolute Gasteiger partial charge is 0.394 e. The summed E-state index contributed by atoms with van der Waals surface area (Å²) in [5.74, 6) is 0.770. The van der Waals surface area contributed by atoms with E-state index in [0.29, 0.717) is 0 Å². The van der Waals surface area contributed by atoms with Gasteiger partial charge in [0.15, 0.2) is 5.82 Å². The zero-order chi connectivity index (χ0) is 14.0. The van der Waals surface area contributed by atoms with Crippen LogP contribution < -0.4 is 5.32 Å². The summed E-state index contributed by atoms with van der Waals surface area (Å²) >= 11 is 0. The van der Waals surface area contributed by atoms with Gasteiger partial charge in [-0.05, 0) is 12.5 Å². The molecular weight excluding hydrogens is 240 g/mol. The molecular formula is C14H22N4O. The summed E-state index contributed by atoms with van der Waals surface area (Å²) in [5.41, 5.74) is 1.98. The summed E-state index contributed by atoms with van der Waals surface area (Å²) in [4.78, 5) is 4.35. The van der Waals surface area contributed by atoms with Crippen molar-refractivity contribution in [1.29, 1.82) is 0 Å². The summed E-state index contributed by atoms with van der Waals surface area (Å²) < 4.78 is 1.83.